The van der Waals surface area contributed by atoms with Crippen LogP contribution >= 0.6 is 0 Å². The predicted molar refractivity (Wildman–Crippen MR) is 71.3 cm³/mol. The molecule has 1 aliphatic rings. The minimum atomic E-state index is -0.489. The number of hydrogen-bond donors (Lipinski definition) is 1. The Bertz CT molecular complexity index is 511. The second kappa shape index (κ2) is 4.72. The Morgan fingerprint density at radius 2 is 2.11 bits per heavy atom. The lowest BCUT2D eigenvalue weighted by Crippen LogP contribution is -2.39. The number of amides is 1. The average molecular weight is 264 g/mol. The zero-order chi connectivity index (χ0) is 14.2. The van der Waals surface area contributed by atoms with Crippen molar-refractivity contribution in [3.63, 3.8) is 0 Å². The van der Waals surface area contributed by atoms with E-state index in [1.165, 1.54) is 0 Å². The van der Waals surface area contributed by atoms with E-state index in [-0.39, 0.29) is 6.09 Å². The van der Waals surface area contributed by atoms with E-state index in [0.29, 0.717) is 19.5 Å². The van der Waals surface area contributed by atoms with Gasteiger partial charge in [-0.25, -0.2) is 4.79 Å². The van der Waals surface area contributed by atoms with Gasteiger partial charge in [-0.05, 0) is 39.7 Å². The van der Waals surface area contributed by atoms with E-state index in [0.717, 1.165) is 28.8 Å². The minimum absolute atomic E-state index is 0.307. The molecular formula is C14H20N2O3. The molecule has 1 aromatic heterocycles. The molecule has 1 N–H and O–H groups in total. The fraction of sp³-hybridized carbons (Fsp3) is 0.571. The number of aryl methyl sites for hydroxylation is 1. The first-order chi connectivity index (χ1) is 8.81. The molecule has 0 unspecified atom stereocenters. The van der Waals surface area contributed by atoms with Crippen molar-refractivity contribution < 1.29 is 14.3 Å². The fourth-order valence-corrected chi connectivity index (χ4v) is 2.34. The largest absolute Gasteiger partial charge is 0.444 e. The Morgan fingerprint density at radius 1 is 1.42 bits per heavy atom. The number of carbonyl (C=O) groups excluding carboxylic acids is 2. The highest BCUT2D eigenvalue weighted by Gasteiger charge is 2.28. The van der Waals surface area contributed by atoms with Crippen molar-refractivity contribution in [1.29, 1.82) is 0 Å². The Hall–Kier alpha value is -1.78. The van der Waals surface area contributed by atoms with Gasteiger partial charge in [0.2, 0.25) is 0 Å². The first-order valence-electron chi connectivity index (χ1n) is 6.45. The van der Waals surface area contributed by atoms with Crippen LogP contribution in [0.3, 0.4) is 0 Å². The summed E-state index contributed by atoms with van der Waals surface area (Å²) in [5.74, 6) is 0. The molecule has 0 aromatic carbocycles. The van der Waals surface area contributed by atoms with Gasteiger partial charge in [-0.15, -0.1) is 0 Å². The molecule has 104 valence electrons. The highest BCUT2D eigenvalue weighted by atomic mass is 16.6. The summed E-state index contributed by atoms with van der Waals surface area (Å²) in [5, 5.41) is 0. The van der Waals surface area contributed by atoms with E-state index in [2.05, 4.69) is 4.98 Å². The molecule has 0 saturated carbocycles. The fourth-order valence-electron chi connectivity index (χ4n) is 2.34. The molecule has 2 heterocycles. The normalized spacial score (nSPS) is 15.1. The molecule has 0 atom stereocenters. The van der Waals surface area contributed by atoms with E-state index in [4.69, 9.17) is 4.74 Å². The number of rotatable bonds is 1. The third-order valence-electron chi connectivity index (χ3n) is 3.18. The Morgan fingerprint density at radius 3 is 2.68 bits per heavy atom. The van der Waals surface area contributed by atoms with Crippen LogP contribution in [0.4, 0.5) is 4.79 Å². The Balaban J connectivity index is 2.15. The van der Waals surface area contributed by atoms with Crippen LogP contribution in [-0.4, -0.2) is 34.4 Å². The summed E-state index contributed by atoms with van der Waals surface area (Å²) in [6, 6.07) is 0. The molecule has 1 aromatic rings. The number of aldehydes is 1. The standard InChI is InChI=1S/C14H20N2O3/c1-9-11(8-17)10-5-6-16(7-12(10)15-9)13(18)19-14(2,3)4/h8,15H,5-7H2,1-4H3. The van der Waals surface area contributed by atoms with E-state index in [9.17, 15) is 9.59 Å². The van der Waals surface area contributed by atoms with E-state index in [1.54, 1.807) is 4.90 Å². The molecular weight excluding hydrogens is 244 g/mol. The van der Waals surface area contributed by atoms with Crippen LogP contribution in [0, 0.1) is 6.92 Å². The van der Waals surface area contributed by atoms with E-state index < -0.39 is 5.60 Å². The van der Waals surface area contributed by atoms with E-state index in [1.807, 2.05) is 27.7 Å². The lowest BCUT2D eigenvalue weighted by Gasteiger charge is -2.30. The number of fused-ring (bicyclic) bond motifs is 1. The average Bonchev–Trinajstić information content (AvgIpc) is 2.60. The van der Waals surface area contributed by atoms with Crippen LogP contribution in [0.1, 0.15) is 48.1 Å². The molecule has 0 spiro atoms. The monoisotopic (exact) mass is 264 g/mol. The number of carbonyl (C=O) groups is 2. The first-order valence-corrected chi connectivity index (χ1v) is 6.45. The molecule has 0 saturated heterocycles. The maximum Gasteiger partial charge on any atom is 0.410 e. The van der Waals surface area contributed by atoms with Crippen molar-refractivity contribution in [3.8, 4) is 0 Å². The third-order valence-corrected chi connectivity index (χ3v) is 3.18. The van der Waals surface area contributed by atoms with Gasteiger partial charge in [-0.2, -0.15) is 0 Å². The minimum Gasteiger partial charge on any atom is -0.444 e. The summed E-state index contributed by atoms with van der Waals surface area (Å²) in [4.78, 5) is 27.9. The number of H-pyrrole nitrogens is 1. The van der Waals surface area contributed by atoms with Crippen molar-refractivity contribution in [1.82, 2.24) is 9.88 Å². The van der Waals surface area contributed by atoms with Gasteiger partial charge in [-0.1, -0.05) is 0 Å². The maximum atomic E-state index is 12.0. The maximum absolute atomic E-state index is 12.0. The molecule has 19 heavy (non-hydrogen) atoms. The van der Waals surface area contributed by atoms with Crippen molar-refractivity contribution in [2.24, 2.45) is 0 Å². The number of nitrogens with zero attached hydrogens (tertiary/aromatic N) is 1. The Kier molecular flexibility index (Phi) is 3.39. The Labute approximate surface area is 112 Å². The smallest absolute Gasteiger partial charge is 0.410 e. The highest BCUT2D eigenvalue weighted by molar-refractivity contribution is 5.80. The topological polar surface area (TPSA) is 62.4 Å². The summed E-state index contributed by atoms with van der Waals surface area (Å²) in [6.07, 6.45) is 1.26. The number of aromatic nitrogens is 1. The van der Waals surface area contributed by atoms with Crippen LogP contribution in [0.15, 0.2) is 0 Å². The zero-order valence-electron chi connectivity index (χ0n) is 11.9. The third kappa shape index (κ3) is 2.80. The molecule has 0 bridgehead atoms. The quantitative estimate of drug-likeness (QED) is 0.792. The van der Waals surface area contributed by atoms with E-state index >= 15 is 0 Å². The van der Waals surface area contributed by atoms with Crippen molar-refractivity contribution >= 4 is 12.4 Å². The molecule has 5 nitrogen and oxygen atoms in total. The van der Waals surface area contributed by atoms with Gasteiger partial charge in [0, 0.05) is 23.5 Å². The molecule has 0 fully saturated rings. The van der Waals surface area contributed by atoms with Gasteiger partial charge in [0.05, 0.1) is 6.54 Å². The summed E-state index contributed by atoms with van der Waals surface area (Å²) in [7, 11) is 0. The highest BCUT2D eigenvalue weighted by Crippen LogP contribution is 2.24. The van der Waals surface area contributed by atoms with Crippen LogP contribution in [0.2, 0.25) is 0 Å². The van der Waals surface area contributed by atoms with Crippen molar-refractivity contribution in [3.05, 3.63) is 22.5 Å². The summed E-state index contributed by atoms with van der Waals surface area (Å²) in [5.41, 5.74) is 3.09. The summed E-state index contributed by atoms with van der Waals surface area (Å²) in [6.45, 7) is 8.48. The van der Waals surface area contributed by atoms with Crippen LogP contribution in [0.5, 0.6) is 0 Å². The SMILES string of the molecule is Cc1[nH]c2c(c1C=O)CCN(C(=O)OC(C)(C)C)C2. The lowest BCUT2D eigenvalue weighted by molar-refractivity contribution is 0.0221. The first kappa shape index (κ1) is 13.6. The summed E-state index contributed by atoms with van der Waals surface area (Å²) < 4.78 is 5.36. The van der Waals surface area contributed by atoms with Gasteiger partial charge in [-0.3, -0.25) is 4.79 Å². The van der Waals surface area contributed by atoms with Crippen molar-refractivity contribution in [2.75, 3.05) is 6.54 Å². The van der Waals surface area contributed by atoms with Gasteiger partial charge < -0.3 is 14.6 Å². The number of hydrogen-bond acceptors (Lipinski definition) is 3. The van der Waals surface area contributed by atoms with Crippen LogP contribution in [-0.2, 0) is 17.7 Å². The van der Waals surface area contributed by atoms with Crippen LogP contribution in [0.25, 0.3) is 0 Å². The number of aromatic amines is 1. The second-order valence-electron chi connectivity index (χ2n) is 5.89. The molecule has 1 aliphatic heterocycles. The van der Waals surface area contributed by atoms with Gasteiger partial charge in [0.25, 0.3) is 0 Å². The second-order valence-corrected chi connectivity index (χ2v) is 5.89. The predicted octanol–water partition coefficient (Wildman–Crippen LogP) is 2.43. The lowest BCUT2D eigenvalue weighted by atomic mass is 10.0. The van der Waals surface area contributed by atoms with Gasteiger partial charge >= 0.3 is 6.09 Å². The molecule has 5 heteroatoms. The number of ether oxygens (including phenoxy) is 1. The van der Waals surface area contributed by atoms with Gasteiger partial charge in [0.1, 0.15) is 5.60 Å². The van der Waals surface area contributed by atoms with Gasteiger partial charge in [0.15, 0.2) is 6.29 Å². The van der Waals surface area contributed by atoms with Crippen LogP contribution < -0.4 is 0 Å². The zero-order valence-corrected chi connectivity index (χ0v) is 11.9. The number of nitrogens with one attached hydrogen (secondary N) is 1. The molecule has 0 radical (unpaired) electrons. The van der Waals surface area contributed by atoms with Crippen molar-refractivity contribution in [2.45, 2.75) is 46.3 Å². The molecule has 0 aliphatic carbocycles. The summed E-state index contributed by atoms with van der Waals surface area (Å²) >= 11 is 0. The molecule has 2 rings (SSSR count). The molecule has 1 amide bonds.